The molecule has 1 fully saturated rings. The SMILES string of the molecule is Cc1noc(C)c1CSc1ccccc1C(=O)NC1CCNCC1. The van der Waals surface area contributed by atoms with Crippen molar-refractivity contribution in [2.24, 2.45) is 0 Å². The summed E-state index contributed by atoms with van der Waals surface area (Å²) < 4.78 is 5.21. The van der Waals surface area contributed by atoms with Gasteiger partial charge in [0.1, 0.15) is 5.76 Å². The van der Waals surface area contributed by atoms with Gasteiger partial charge in [-0.3, -0.25) is 4.79 Å². The Balaban J connectivity index is 1.69. The first-order chi connectivity index (χ1) is 11.6. The Bertz CT molecular complexity index is 689. The Morgan fingerprint density at radius 1 is 1.33 bits per heavy atom. The summed E-state index contributed by atoms with van der Waals surface area (Å²) in [5.41, 5.74) is 2.76. The van der Waals surface area contributed by atoms with Gasteiger partial charge in [0.25, 0.3) is 5.91 Å². The van der Waals surface area contributed by atoms with Crippen molar-refractivity contribution in [1.29, 1.82) is 0 Å². The van der Waals surface area contributed by atoms with E-state index in [1.165, 1.54) is 0 Å². The summed E-state index contributed by atoms with van der Waals surface area (Å²) in [4.78, 5) is 13.6. The van der Waals surface area contributed by atoms with Gasteiger partial charge in [-0.25, -0.2) is 0 Å². The molecule has 1 aliphatic heterocycles. The van der Waals surface area contributed by atoms with E-state index in [-0.39, 0.29) is 11.9 Å². The van der Waals surface area contributed by atoms with Gasteiger partial charge >= 0.3 is 0 Å². The van der Waals surface area contributed by atoms with Crippen molar-refractivity contribution in [3.8, 4) is 0 Å². The van der Waals surface area contributed by atoms with Gasteiger partial charge < -0.3 is 15.2 Å². The molecule has 0 saturated carbocycles. The molecule has 5 nitrogen and oxygen atoms in total. The van der Waals surface area contributed by atoms with Crippen LogP contribution in [0.5, 0.6) is 0 Å². The lowest BCUT2D eigenvalue weighted by Crippen LogP contribution is -2.42. The predicted octanol–water partition coefficient (Wildman–Crippen LogP) is 3.07. The number of piperidine rings is 1. The molecule has 2 aromatic rings. The fraction of sp³-hybridized carbons (Fsp3) is 0.444. The van der Waals surface area contributed by atoms with Gasteiger partial charge in [-0.15, -0.1) is 11.8 Å². The molecule has 1 aliphatic rings. The molecule has 0 aliphatic carbocycles. The van der Waals surface area contributed by atoms with Gasteiger partial charge in [-0.2, -0.15) is 0 Å². The Morgan fingerprint density at radius 2 is 2.08 bits per heavy atom. The molecule has 24 heavy (non-hydrogen) atoms. The van der Waals surface area contributed by atoms with E-state index in [9.17, 15) is 4.79 Å². The average Bonchev–Trinajstić information content (AvgIpc) is 2.92. The van der Waals surface area contributed by atoms with E-state index in [2.05, 4.69) is 15.8 Å². The highest BCUT2D eigenvalue weighted by atomic mass is 32.2. The molecule has 0 radical (unpaired) electrons. The molecular formula is C18H23N3O2S. The Kier molecular flexibility index (Phi) is 5.58. The molecule has 2 heterocycles. The zero-order valence-electron chi connectivity index (χ0n) is 14.1. The fourth-order valence-corrected chi connectivity index (χ4v) is 4.07. The Hall–Kier alpha value is -1.79. The number of carbonyl (C=O) groups is 1. The maximum absolute atomic E-state index is 12.7. The molecule has 6 heteroatoms. The number of amides is 1. The molecule has 1 aromatic carbocycles. The van der Waals surface area contributed by atoms with Crippen LogP contribution in [0.2, 0.25) is 0 Å². The first-order valence-corrected chi connectivity index (χ1v) is 9.29. The van der Waals surface area contributed by atoms with E-state index in [1.807, 2.05) is 38.1 Å². The van der Waals surface area contributed by atoms with Crippen LogP contribution in [0.1, 0.15) is 40.2 Å². The van der Waals surface area contributed by atoms with Crippen LogP contribution >= 0.6 is 11.8 Å². The highest BCUT2D eigenvalue weighted by molar-refractivity contribution is 7.98. The molecule has 0 spiro atoms. The maximum Gasteiger partial charge on any atom is 0.252 e. The van der Waals surface area contributed by atoms with E-state index in [0.717, 1.165) is 59.2 Å². The second-order valence-electron chi connectivity index (χ2n) is 6.09. The summed E-state index contributed by atoms with van der Waals surface area (Å²) in [7, 11) is 0. The quantitative estimate of drug-likeness (QED) is 0.815. The lowest BCUT2D eigenvalue weighted by atomic mass is 10.1. The normalized spacial score (nSPS) is 15.4. The zero-order valence-corrected chi connectivity index (χ0v) is 14.9. The summed E-state index contributed by atoms with van der Waals surface area (Å²) in [5.74, 6) is 1.61. The third-order valence-electron chi connectivity index (χ3n) is 4.36. The Morgan fingerprint density at radius 3 is 2.79 bits per heavy atom. The number of benzene rings is 1. The van der Waals surface area contributed by atoms with Crippen molar-refractivity contribution < 1.29 is 9.32 Å². The summed E-state index contributed by atoms with van der Waals surface area (Å²) in [6.07, 6.45) is 1.97. The standard InChI is InChI=1S/C18H23N3O2S/c1-12-16(13(2)23-21-12)11-24-17-6-4-3-5-15(17)18(22)20-14-7-9-19-10-8-14/h3-6,14,19H,7-11H2,1-2H3,(H,20,22). The van der Waals surface area contributed by atoms with Crippen LogP contribution in [0, 0.1) is 13.8 Å². The van der Waals surface area contributed by atoms with E-state index in [4.69, 9.17) is 4.52 Å². The van der Waals surface area contributed by atoms with Crippen LogP contribution in [-0.4, -0.2) is 30.2 Å². The second kappa shape index (κ2) is 7.85. The highest BCUT2D eigenvalue weighted by Crippen LogP contribution is 2.29. The number of hydrogen-bond donors (Lipinski definition) is 2. The van der Waals surface area contributed by atoms with Crippen LogP contribution in [0.4, 0.5) is 0 Å². The van der Waals surface area contributed by atoms with Crippen LogP contribution in [-0.2, 0) is 5.75 Å². The summed E-state index contributed by atoms with van der Waals surface area (Å²) in [6.45, 7) is 5.80. The van der Waals surface area contributed by atoms with Crippen LogP contribution in [0.25, 0.3) is 0 Å². The molecular weight excluding hydrogens is 322 g/mol. The number of nitrogens with zero attached hydrogens (tertiary/aromatic N) is 1. The summed E-state index contributed by atoms with van der Waals surface area (Å²) in [5, 5.41) is 10.5. The lowest BCUT2D eigenvalue weighted by molar-refractivity contribution is 0.0926. The zero-order chi connectivity index (χ0) is 16.9. The second-order valence-corrected chi connectivity index (χ2v) is 7.10. The van der Waals surface area contributed by atoms with E-state index in [1.54, 1.807) is 11.8 Å². The van der Waals surface area contributed by atoms with Gasteiger partial charge in [-0.1, -0.05) is 17.3 Å². The number of nitrogens with one attached hydrogen (secondary N) is 2. The third-order valence-corrected chi connectivity index (χ3v) is 5.46. The van der Waals surface area contributed by atoms with Crippen molar-refractivity contribution in [3.63, 3.8) is 0 Å². The van der Waals surface area contributed by atoms with Crippen molar-refractivity contribution >= 4 is 17.7 Å². The minimum absolute atomic E-state index is 0.0174. The first kappa shape index (κ1) is 17.0. The maximum atomic E-state index is 12.7. The molecule has 0 bridgehead atoms. The molecule has 1 aromatic heterocycles. The largest absolute Gasteiger partial charge is 0.361 e. The number of hydrogen-bond acceptors (Lipinski definition) is 5. The number of rotatable bonds is 5. The van der Waals surface area contributed by atoms with E-state index >= 15 is 0 Å². The number of carbonyl (C=O) groups excluding carboxylic acids is 1. The van der Waals surface area contributed by atoms with Crippen LogP contribution in [0.15, 0.2) is 33.7 Å². The molecule has 2 N–H and O–H groups in total. The molecule has 128 valence electrons. The van der Waals surface area contributed by atoms with E-state index < -0.39 is 0 Å². The molecule has 1 amide bonds. The first-order valence-electron chi connectivity index (χ1n) is 8.30. The minimum Gasteiger partial charge on any atom is -0.361 e. The molecule has 3 rings (SSSR count). The summed E-state index contributed by atoms with van der Waals surface area (Å²) in [6, 6.07) is 8.04. The van der Waals surface area contributed by atoms with Gasteiger partial charge in [0.05, 0.1) is 11.3 Å². The van der Waals surface area contributed by atoms with Crippen molar-refractivity contribution in [1.82, 2.24) is 15.8 Å². The fourth-order valence-electron chi connectivity index (χ4n) is 2.87. The number of aryl methyl sites for hydroxylation is 2. The van der Waals surface area contributed by atoms with Crippen LogP contribution < -0.4 is 10.6 Å². The van der Waals surface area contributed by atoms with Crippen molar-refractivity contribution in [3.05, 3.63) is 46.8 Å². The van der Waals surface area contributed by atoms with E-state index in [0.29, 0.717) is 0 Å². The monoisotopic (exact) mass is 345 g/mol. The van der Waals surface area contributed by atoms with Gasteiger partial charge in [0, 0.05) is 22.3 Å². The summed E-state index contributed by atoms with van der Waals surface area (Å²) >= 11 is 1.65. The van der Waals surface area contributed by atoms with Gasteiger partial charge in [0.15, 0.2) is 0 Å². The van der Waals surface area contributed by atoms with Gasteiger partial charge in [-0.05, 0) is 51.9 Å². The van der Waals surface area contributed by atoms with Crippen molar-refractivity contribution in [2.45, 2.75) is 43.4 Å². The molecule has 0 unspecified atom stereocenters. The average molecular weight is 345 g/mol. The minimum atomic E-state index is 0.0174. The predicted molar refractivity (Wildman–Crippen MR) is 95.3 cm³/mol. The van der Waals surface area contributed by atoms with Gasteiger partial charge in [0.2, 0.25) is 0 Å². The number of aromatic nitrogens is 1. The van der Waals surface area contributed by atoms with Crippen molar-refractivity contribution in [2.75, 3.05) is 13.1 Å². The topological polar surface area (TPSA) is 67.2 Å². The molecule has 0 atom stereocenters. The number of thioether (sulfide) groups is 1. The van der Waals surface area contributed by atoms with Crippen LogP contribution in [0.3, 0.4) is 0 Å². The third kappa shape index (κ3) is 3.99. The highest BCUT2D eigenvalue weighted by Gasteiger charge is 2.19. The molecule has 1 saturated heterocycles. The lowest BCUT2D eigenvalue weighted by Gasteiger charge is -2.24. The Labute approximate surface area is 146 Å². The smallest absolute Gasteiger partial charge is 0.252 e.